The second kappa shape index (κ2) is 7.40. The van der Waals surface area contributed by atoms with Crippen LogP contribution in [-0.2, 0) is 6.42 Å². The summed E-state index contributed by atoms with van der Waals surface area (Å²) in [4.78, 5) is 2.97. The van der Waals surface area contributed by atoms with E-state index in [0.717, 1.165) is 6.42 Å². The first kappa shape index (κ1) is 15.8. The molecule has 3 aromatic rings. The third-order valence-corrected chi connectivity index (χ3v) is 3.58. The highest BCUT2D eigenvalue weighted by Crippen LogP contribution is 2.35. The molecule has 0 aliphatic heterocycles. The first-order valence-electron chi connectivity index (χ1n) is 6.95. The van der Waals surface area contributed by atoms with Gasteiger partial charge in [-0.3, -0.25) is 0 Å². The molecule has 0 unspecified atom stereocenters. The van der Waals surface area contributed by atoms with Gasteiger partial charge in [-0.1, -0.05) is 66.7 Å². The van der Waals surface area contributed by atoms with Crippen LogP contribution in [0.15, 0.2) is 78.9 Å². The molecule has 0 bridgehead atoms. The number of nitrogens with zero attached hydrogens (tertiary/aromatic N) is 2. The zero-order chi connectivity index (χ0) is 14.5. The van der Waals surface area contributed by atoms with Gasteiger partial charge in [0, 0.05) is 12.1 Å². The molecule has 0 saturated carbocycles. The normalized spacial score (nSPS) is 10.1. The number of diazo groups is 1. The molecule has 0 fully saturated rings. The summed E-state index contributed by atoms with van der Waals surface area (Å²) in [5, 5.41) is 8.16. The molecule has 4 rings (SSSR count). The summed E-state index contributed by atoms with van der Waals surface area (Å²) in [5.74, 6) is 0. The van der Waals surface area contributed by atoms with Crippen molar-refractivity contribution in [3.63, 3.8) is 0 Å². The zero-order valence-electron chi connectivity index (χ0n) is 12.0. The minimum atomic E-state index is 0. The SMILES string of the molecule is Cl.N#[N+]c1ccccc1.c1ccc2c(c1)Cc1ccccc1-2. The molecule has 0 aromatic heterocycles. The van der Waals surface area contributed by atoms with E-state index in [1.165, 1.54) is 22.3 Å². The zero-order valence-corrected chi connectivity index (χ0v) is 12.8. The maximum absolute atomic E-state index is 8.16. The molecule has 1 aliphatic carbocycles. The monoisotopic (exact) mass is 307 g/mol. The Labute approximate surface area is 136 Å². The van der Waals surface area contributed by atoms with Crippen LogP contribution in [0, 0.1) is 5.39 Å². The molecule has 0 atom stereocenters. The van der Waals surface area contributed by atoms with Crippen molar-refractivity contribution in [1.82, 2.24) is 0 Å². The summed E-state index contributed by atoms with van der Waals surface area (Å²) in [7, 11) is 0. The van der Waals surface area contributed by atoms with Gasteiger partial charge >= 0.3 is 5.69 Å². The standard InChI is InChI=1S/C13H10.C6H5N2.ClH/c1-3-7-12-10(5-1)9-11-6-2-4-8-13(11)12;7-8-6-4-2-1-3-5-6;/h1-8H,9H2;1-5H;1H/q;+1;. The summed E-state index contributed by atoms with van der Waals surface area (Å²) in [6, 6.07) is 26.3. The molecule has 0 heterocycles. The highest BCUT2D eigenvalue weighted by atomic mass is 35.5. The van der Waals surface area contributed by atoms with Crippen molar-refractivity contribution < 1.29 is 0 Å². The van der Waals surface area contributed by atoms with E-state index in [4.69, 9.17) is 5.39 Å². The Morgan fingerprint density at radius 2 is 1.09 bits per heavy atom. The van der Waals surface area contributed by atoms with Gasteiger partial charge in [-0.25, -0.2) is 0 Å². The fraction of sp³-hybridized carbons (Fsp3) is 0.0526. The molecule has 0 saturated heterocycles. The van der Waals surface area contributed by atoms with E-state index >= 15 is 0 Å². The van der Waals surface area contributed by atoms with Crippen LogP contribution in [-0.4, -0.2) is 0 Å². The van der Waals surface area contributed by atoms with E-state index in [0.29, 0.717) is 5.69 Å². The number of rotatable bonds is 0. The number of fused-ring (bicyclic) bond motifs is 3. The molecule has 0 spiro atoms. The van der Waals surface area contributed by atoms with Crippen molar-refractivity contribution >= 4 is 18.1 Å². The van der Waals surface area contributed by atoms with Crippen molar-refractivity contribution in [2.75, 3.05) is 0 Å². The Bertz CT molecular complexity index is 748. The van der Waals surface area contributed by atoms with Crippen molar-refractivity contribution in [3.8, 4) is 11.1 Å². The first-order valence-corrected chi connectivity index (χ1v) is 6.95. The highest BCUT2D eigenvalue weighted by Gasteiger charge is 2.15. The molecule has 1 aliphatic rings. The highest BCUT2D eigenvalue weighted by molar-refractivity contribution is 5.85. The van der Waals surface area contributed by atoms with Gasteiger partial charge in [0.05, 0.1) is 0 Å². The second-order valence-electron chi connectivity index (χ2n) is 4.93. The first-order chi connectivity index (χ1) is 10.4. The molecule has 0 N–H and O–H groups in total. The Morgan fingerprint density at radius 3 is 1.55 bits per heavy atom. The van der Waals surface area contributed by atoms with Gasteiger partial charge < -0.3 is 0 Å². The van der Waals surface area contributed by atoms with Gasteiger partial charge in [0.2, 0.25) is 5.39 Å². The number of halogens is 1. The van der Waals surface area contributed by atoms with Gasteiger partial charge in [0.15, 0.2) is 4.98 Å². The van der Waals surface area contributed by atoms with E-state index in [2.05, 4.69) is 53.5 Å². The van der Waals surface area contributed by atoms with Gasteiger partial charge in [0.1, 0.15) is 0 Å². The van der Waals surface area contributed by atoms with Crippen LogP contribution in [0.1, 0.15) is 11.1 Å². The van der Waals surface area contributed by atoms with Gasteiger partial charge in [-0.05, 0) is 28.7 Å². The molecular formula is C19H16ClN2+. The smallest absolute Gasteiger partial charge is 0.147 e. The predicted molar refractivity (Wildman–Crippen MR) is 93.1 cm³/mol. The minimum Gasteiger partial charge on any atom is -0.147 e. The molecule has 0 radical (unpaired) electrons. The lowest BCUT2D eigenvalue weighted by atomic mass is 10.1. The summed E-state index contributed by atoms with van der Waals surface area (Å²) >= 11 is 0. The minimum absolute atomic E-state index is 0. The largest absolute Gasteiger partial charge is 0.385 e. The van der Waals surface area contributed by atoms with Gasteiger partial charge in [0.25, 0.3) is 0 Å². The Hall–Kier alpha value is -2.63. The van der Waals surface area contributed by atoms with E-state index in [9.17, 15) is 0 Å². The molecular weight excluding hydrogens is 292 g/mol. The van der Waals surface area contributed by atoms with Crippen molar-refractivity contribution in [2.45, 2.75) is 6.42 Å². The Morgan fingerprint density at radius 1 is 0.636 bits per heavy atom. The Kier molecular flexibility index (Phi) is 5.30. The average Bonchev–Trinajstić information content (AvgIpc) is 2.95. The van der Waals surface area contributed by atoms with Crippen LogP contribution in [0.4, 0.5) is 5.69 Å². The van der Waals surface area contributed by atoms with Crippen LogP contribution < -0.4 is 0 Å². The quantitative estimate of drug-likeness (QED) is 0.374. The maximum atomic E-state index is 8.16. The van der Waals surface area contributed by atoms with Crippen LogP contribution in [0.25, 0.3) is 16.1 Å². The van der Waals surface area contributed by atoms with E-state index < -0.39 is 0 Å². The van der Waals surface area contributed by atoms with E-state index in [1.54, 1.807) is 12.1 Å². The second-order valence-corrected chi connectivity index (χ2v) is 4.93. The topological polar surface area (TPSA) is 28.1 Å². The summed E-state index contributed by atoms with van der Waals surface area (Å²) in [6.45, 7) is 0. The lowest BCUT2D eigenvalue weighted by Crippen LogP contribution is -1.77. The van der Waals surface area contributed by atoms with Crippen LogP contribution in [0.5, 0.6) is 0 Å². The van der Waals surface area contributed by atoms with Crippen LogP contribution in [0.2, 0.25) is 0 Å². The third kappa shape index (κ3) is 3.33. The summed E-state index contributed by atoms with van der Waals surface area (Å²) < 4.78 is 0. The predicted octanol–water partition coefficient (Wildman–Crippen LogP) is 5.85. The van der Waals surface area contributed by atoms with Crippen LogP contribution >= 0.6 is 12.4 Å². The lowest BCUT2D eigenvalue weighted by Gasteiger charge is -1.98. The fourth-order valence-electron chi connectivity index (χ4n) is 2.57. The molecule has 3 aromatic carbocycles. The lowest BCUT2D eigenvalue weighted by molar-refractivity contribution is 1.26. The summed E-state index contributed by atoms with van der Waals surface area (Å²) in [5.41, 5.74) is 6.34. The summed E-state index contributed by atoms with van der Waals surface area (Å²) in [6.07, 6.45) is 1.10. The average molecular weight is 308 g/mol. The van der Waals surface area contributed by atoms with Crippen molar-refractivity contribution in [2.24, 2.45) is 0 Å². The molecule has 2 nitrogen and oxygen atoms in total. The fourth-order valence-corrected chi connectivity index (χ4v) is 2.57. The van der Waals surface area contributed by atoms with Gasteiger partial charge in [-0.15, -0.1) is 12.4 Å². The third-order valence-electron chi connectivity index (χ3n) is 3.58. The van der Waals surface area contributed by atoms with Crippen molar-refractivity contribution in [3.05, 3.63) is 95.0 Å². The van der Waals surface area contributed by atoms with E-state index in [-0.39, 0.29) is 12.4 Å². The van der Waals surface area contributed by atoms with Crippen molar-refractivity contribution in [1.29, 1.82) is 5.39 Å². The molecule has 3 heteroatoms. The van der Waals surface area contributed by atoms with E-state index in [1.807, 2.05) is 18.2 Å². The molecule has 108 valence electrons. The van der Waals surface area contributed by atoms with Crippen LogP contribution in [0.3, 0.4) is 0 Å². The molecule has 0 amide bonds. The number of hydrogen-bond acceptors (Lipinski definition) is 1. The van der Waals surface area contributed by atoms with Gasteiger partial charge in [-0.2, -0.15) is 0 Å². The maximum Gasteiger partial charge on any atom is 0.385 e. The Balaban J connectivity index is 0.000000172. The number of benzene rings is 3. The molecule has 22 heavy (non-hydrogen) atoms. The number of hydrogen-bond donors (Lipinski definition) is 0.